The molecule has 0 fully saturated rings. The molecule has 1 aromatic heterocycles. The number of nitrogens with zero attached hydrogens (tertiary/aromatic N) is 3. The van der Waals surface area contributed by atoms with Gasteiger partial charge in [-0.3, -0.25) is 4.57 Å². The van der Waals surface area contributed by atoms with Crippen LogP contribution in [0.25, 0.3) is 11.4 Å². The highest BCUT2D eigenvalue weighted by Crippen LogP contribution is 2.30. The first-order valence-electron chi connectivity index (χ1n) is 6.07. The molecule has 2 N–H and O–H groups in total. The molecule has 2 aromatic rings. The number of primary sulfonamides is 1. The van der Waals surface area contributed by atoms with Crippen LogP contribution in [0, 0.1) is 18.6 Å². The van der Waals surface area contributed by atoms with Gasteiger partial charge < -0.3 is 0 Å². The summed E-state index contributed by atoms with van der Waals surface area (Å²) in [6, 6.07) is 1.91. The maximum atomic E-state index is 14.2. The van der Waals surface area contributed by atoms with Crippen LogP contribution in [0.4, 0.5) is 8.78 Å². The van der Waals surface area contributed by atoms with Gasteiger partial charge in [0.2, 0.25) is 0 Å². The molecule has 114 valence electrons. The third-order valence-corrected chi connectivity index (χ3v) is 3.73. The lowest BCUT2D eigenvalue weighted by atomic mass is 10.1. The molecule has 6 nitrogen and oxygen atoms in total. The number of aryl methyl sites for hydroxylation is 1. The minimum Gasteiger partial charge on any atom is -0.294 e. The number of nitrogens with two attached hydrogens (primary N) is 1. The topological polar surface area (TPSA) is 90.9 Å². The Labute approximate surface area is 120 Å². The predicted molar refractivity (Wildman–Crippen MR) is 71.9 cm³/mol. The number of sulfonamides is 1. The van der Waals surface area contributed by atoms with Crippen molar-refractivity contribution in [3.05, 3.63) is 29.3 Å². The molecule has 21 heavy (non-hydrogen) atoms. The van der Waals surface area contributed by atoms with E-state index in [0.717, 1.165) is 10.6 Å². The molecule has 0 unspecified atom stereocenters. The SMILES string of the molecule is Cc1ccc(F)c(-c2nnc(S(N)(=O)=O)n2C(C)C)c1F. The minimum atomic E-state index is -4.16. The first-order chi connectivity index (χ1) is 9.64. The molecule has 1 aromatic carbocycles. The summed E-state index contributed by atoms with van der Waals surface area (Å²) in [6.07, 6.45) is 0. The van der Waals surface area contributed by atoms with Crippen molar-refractivity contribution >= 4 is 10.0 Å². The van der Waals surface area contributed by atoms with E-state index >= 15 is 0 Å². The smallest absolute Gasteiger partial charge is 0.273 e. The van der Waals surface area contributed by atoms with Gasteiger partial charge in [0.1, 0.15) is 11.6 Å². The van der Waals surface area contributed by atoms with Gasteiger partial charge in [-0.25, -0.2) is 22.3 Å². The van der Waals surface area contributed by atoms with Gasteiger partial charge in [0.15, 0.2) is 5.82 Å². The highest BCUT2D eigenvalue weighted by atomic mass is 32.2. The largest absolute Gasteiger partial charge is 0.294 e. The van der Waals surface area contributed by atoms with Crippen LogP contribution in [0.5, 0.6) is 0 Å². The normalized spacial score (nSPS) is 12.1. The molecule has 0 bridgehead atoms. The molecule has 2 rings (SSSR count). The van der Waals surface area contributed by atoms with E-state index in [1.165, 1.54) is 13.0 Å². The highest BCUT2D eigenvalue weighted by Gasteiger charge is 2.27. The van der Waals surface area contributed by atoms with E-state index in [2.05, 4.69) is 10.2 Å². The van der Waals surface area contributed by atoms with Crippen molar-refractivity contribution < 1.29 is 17.2 Å². The van der Waals surface area contributed by atoms with Crippen molar-refractivity contribution in [1.82, 2.24) is 14.8 Å². The molecule has 1 heterocycles. The van der Waals surface area contributed by atoms with E-state index in [4.69, 9.17) is 5.14 Å². The average molecular weight is 316 g/mol. The molecule has 0 aliphatic rings. The summed E-state index contributed by atoms with van der Waals surface area (Å²) in [5, 5.41) is 11.6. The fraction of sp³-hybridized carbons (Fsp3) is 0.333. The second-order valence-electron chi connectivity index (χ2n) is 4.87. The van der Waals surface area contributed by atoms with Gasteiger partial charge in [0, 0.05) is 6.04 Å². The monoisotopic (exact) mass is 316 g/mol. The van der Waals surface area contributed by atoms with Crippen molar-refractivity contribution in [2.24, 2.45) is 5.14 Å². The van der Waals surface area contributed by atoms with Crippen molar-refractivity contribution in [3.8, 4) is 11.4 Å². The Morgan fingerprint density at radius 3 is 2.38 bits per heavy atom. The van der Waals surface area contributed by atoms with E-state index in [0.29, 0.717) is 0 Å². The Morgan fingerprint density at radius 1 is 1.24 bits per heavy atom. The van der Waals surface area contributed by atoms with Crippen LogP contribution in [-0.2, 0) is 10.0 Å². The Balaban J connectivity index is 2.84. The van der Waals surface area contributed by atoms with Crippen LogP contribution >= 0.6 is 0 Å². The van der Waals surface area contributed by atoms with Crippen LogP contribution in [0.1, 0.15) is 25.5 Å². The van der Waals surface area contributed by atoms with Crippen LogP contribution < -0.4 is 5.14 Å². The van der Waals surface area contributed by atoms with Gasteiger partial charge in [-0.05, 0) is 32.4 Å². The third-order valence-electron chi connectivity index (χ3n) is 2.94. The van der Waals surface area contributed by atoms with Crippen LogP contribution in [0.2, 0.25) is 0 Å². The van der Waals surface area contributed by atoms with E-state index in [-0.39, 0.29) is 11.4 Å². The molecule has 0 amide bonds. The van der Waals surface area contributed by atoms with Crippen molar-refractivity contribution in [2.75, 3.05) is 0 Å². The van der Waals surface area contributed by atoms with E-state index in [1.54, 1.807) is 13.8 Å². The first kappa shape index (κ1) is 15.5. The zero-order valence-electron chi connectivity index (χ0n) is 11.6. The molecule has 0 saturated heterocycles. The maximum absolute atomic E-state index is 14.2. The molecule has 0 aliphatic carbocycles. The van der Waals surface area contributed by atoms with E-state index in [9.17, 15) is 17.2 Å². The van der Waals surface area contributed by atoms with E-state index < -0.39 is 38.4 Å². The lowest BCUT2D eigenvalue weighted by Crippen LogP contribution is -2.20. The Morgan fingerprint density at radius 2 is 1.86 bits per heavy atom. The van der Waals surface area contributed by atoms with Gasteiger partial charge in [-0.2, -0.15) is 0 Å². The van der Waals surface area contributed by atoms with Gasteiger partial charge in [0.05, 0.1) is 5.56 Å². The highest BCUT2D eigenvalue weighted by molar-refractivity contribution is 7.89. The van der Waals surface area contributed by atoms with Gasteiger partial charge in [-0.15, -0.1) is 10.2 Å². The van der Waals surface area contributed by atoms with Crippen molar-refractivity contribution in [2.45, 2.75) is 32.0 Å². The molecule has 0 atom stereocenters. The quantitative estimate of drug-likeness (QED) is 0.934. The summed E-state index contributed by atoms with van der Waals surface area (Å²) >= 11 is 0. The summed E-state index contributed by atoms with van der Waals surface area (Å²) in [5.41, 5.74) is -0.215. The van der Waals surface area contributed by atoms with Crippen LogP contribution in [0.15, 0.2) is 17.3 Å². The van der Waals surface area contributed by atoms with Crippen molar-refractivity contribution in [3.63, 3.8) is 0 Å². The Bertz CT molecular complexity index is 800. The van der Waals surface area contributed by atoms with Gasteiger partial charge in [0.25, 0.3) is 15.2 Å². The third kappa shape index (κ3) is 2.66. The van der Waals surface area contributed by atoms with Crippen LogP contribution in [-0.4, -0.2) is 23.2 Å². The zero-order chi connectivity index (χ0) is 15.9. The Hall–Kier alpha value is -1.87. The molecule has 0 radical (unpaired) electrons. The molecular weight excluding hydrogens is 302 g/mol. The minimum absolute atomic E-state index is 0.210. The second kappa shape index (κ2) is 5.15. The number of hydrogen-bond acceptors (Lipinski definition) is 4. The van der Waals surface area contributed by atoms with Gasteiger partial charge >= 0.3 is 0 Å². The lowest BCUT2D eigenvalue weighted by molar-refractivity contribution is 0.519. The zero-order valence-corrected chi connectivity index (χ0v) is 12.4. The lowest BCUT2D eigenvalue weighted by Gasteiger charge is -2.14. The fourth-order valence-corrected chi connectivity index (χ4v) is 2.69. The second-order valence-corrected chi connectivity index (χ2v) is 6.32. The number of halogens is 2. The number of rotatable bonds is 3. The summed E-state index contributed by atoms with van der Waals surface area (Å²) in [7, 11) is -4.16. The molecular formula is C12H14F2N4O2S. The molecule has 0 spiro atoms. The molecule has 0 saturated carbocycles. The average Bonchev–Trinajstić information content (AvgIpc) is 2.79. The first-order valence-corrected chi connectivity index (χ1v) is 7.62. The summed E-state index contributed by atoms with van der Waals surface area (Å²) in [5.74, 6) is -1.88. The Kier molecular flexibility index (Phi) is 3.81. The number of hydrogen-bond donors (Lipinski definition) is 1. The fourth-order valence-electron chi connectivity index (χ4n) is 1.97. The van der Waals surface area contributed by atoms with E-state index in [1.807, 2.05) is 0 Å². The maximum Gasteiger partial charge on any atom is 0.273 e. The summed E-state index contributed by atoms with van der Waals surface area (Å²) in [4.78, 5) is 0. The molecule has 9 heteroatoms. The summed E-state index contributed by atoms with van der Waals surface area (Å²) < 4.78 is 52.3. The predicted octanol–water partition coefficient (Wildman–Crippen LogP) is 1.76. The standard InChI is InChI=1S/C12H14F2N4O2S/c1-6(2)18-11(16-17-12(18)21(15,19)20)9-8(13)5-4-7(3)10(9)14/h4-6H,1-3H3,(H2,15,19,20). The van der Waals surface area contributed by atoms with Crippen LogP contribution in [0.3, 0.4) is 0 Å². The molecule has 0 aliphatic heterocycles. The van der Waals surface area contributed by atoms with Gasteiger partial charge in [-0.1, -0.05) is 6.07 Å². The number of aromatic nitrogens is 3. The van der Waals surface area contributed by atoms with Crippen molar-refractivity contribution in [1.29, 1.82) is 0 Å². The number of benzene rings is 1. The summed E-state index contributed by atoms with van der Waals surface area (Å²) in [6.45, 7) is 4.73.